The molecule has 0 saturated heterocycles. The summed E-state index contributed by atoms with van der Waals surface area (Å²) >= 11 is 1.40. The van der Waals surface area contributed by atoms with Gasteiger partial charge < -0.3 is 28.8 Å². The minimum Gasteiger partial charge on any atom is -0.497 e. The maximum Gasteiger partial charge on any atom is 0.338 e. The van der Waals surface area contributed by atoms with Crippen molar-refractivity contribution in [3.8, 4) is 11.5 Å². The van der Waals surface area contributed by atoms with Gasteiger partial charge in [-0.1, -0.05) is 11.8 Å². The number of thioether (sulfide) groups is 1. The van der Waals surface area contributed by atoms with Crippen LogP contribution in [-0.2, 0) is 20.9 Å². The zero-order valence-corrected chi connectivity index (χ0v) is 20.8. The van der Waals surface area contributed by atoms with E-state index in [1.165, 1.54) is 11.8 Å². The summed E-state index contributed by atoms with van der Waals surface area (Å²) in [6.45, 7) is 4.05. The Labute approximate surface area is 207 Å². The largest absolute Gasteiger partial charge is 0.497 e. The van der Waals surface area contributed by atoms with Gasteiger partial charge >= 0.3 is 5.97 Å². The number of furan rings is 1. The standard InChI is InChI=1S/C25H27N3O6S/c1-5-33-24(30)22-15(2)27-25-28(23(22)19-12-17(31-3)8-9-20(19)32-4)16(14-35-25)11-21(29)26-13-18-7-6-10-34-18/h6-10,12,14,23H,5,11,13H2,1-4H3,(H,26,29)/t23-/m0/s1. The van der Waals surface area contributed by atoms with Crippen molar-refractivity contribution >= 4 is 28.8 Å². The number of hydrogen-bond acceptors (Lipinski definition) is 9. The number of nitrogens with zero attached hydrogens (tertiary/aromatic N) is 2. The molecular weight excluding hydrogens is 470 g/mol. The van der Waals surface area contributed by atoms with E-state index in [1.807, 2.05) is 16.4 Å². The Morgan fingerprint density at radius 3 is 2.74 bits per heavy atom. The zero-order chi connectivity index (χ0) is 24.9. The molecule has 0 radical (unpaired) electrons. The van der Waals surface area contributed by atoms with Gasteiger partial charge in [0, 0.05) is 11.3 Å². The highest BCUT2D eigenvalue weighted by molar-refractivity contribution is 8.16. The SMILES string of the molecule is CCOC(=O)C1=C(C)N=C2SC=C(CC(=O)NCc3ccco3)N2[C@H]1c1cc(OC)ccc1OC. The van der Waals surface area contributed by atoms with E-state index < -0.39 is 12.0 Å². The lowest BCUT2D eigenvalue weighted by Crippen LogP contribution is -2.38. The summed E-state index contributed by atoms with van der Waals surface area (Å²) < 4.78 is 21.8. The molecule has 2 aliphatic rings. The molecule has 1 amide bonds. The third kappa shape index (κ3) is 5.07. The maximum atomic E-state index is 13.1. The van der Waals surface area contributed by atoms with Crippen LogP contribution in [0.4, 0.5) is 0 Å². The van der Waals surface area contributed by atoms with Crippen LogP contribution >= 0.6 is 11.8 Å². The van der Waals surface area contributed by atoms with Crippen molar-refractivity contribution in [2.45, 2.75) is 32.9 Å². The fourth-order valence-corrected chi connectivity index (χ4v) is 4.98. The van der Waals surface area contributed by atoms with Gasteiger partial charge in [0.1, 0.15) is 17.3 Å². The molecule has 1 atom stereocenters. The molecule has 10 heteroatoms. The van der Waals surface area contributed by atoms with Crippen LogP contribution in [0, 0.1) is 0 Å². The van der Waals surface area contributed by atoms with Gasteiger partial charge in [0.2, 0.25) is 5.91 Å². The number of esters is 1. The first-order valence-corrected chi connectivity index (χ1v) is 12.0. The van der Waals surface area contributed by atoms with Gasteiger partial charge in [0.25, 0.3) is 0 Å². The quantitative estimate of drug-likeness (QED) is 0.516. The molecule has 1 N–H and O–H groups in total. The van der Waals surface area contributed by atoms with Gasteiger partial charge in [-0.05, 0) is 49.6 Å². The number of methoxy groups -OCH3 is 2. The van der Waals surface area contributed by atoms with Crippen LogP contribution in [0.5, 0.6) is 11.5 Å². The monoisotopic (exact) mass is 497 g/mol. The van der Waals surface area contributed by atoms with Gasteiger partial charge in [0.15, 0.2) is 5.17 Å². The predicted octanol–water partition coefficient (Wildman–Crippen LogP) is 4.14. The second-order valence-electron chi connectivity index (χ2n) is 7.75. The Kier molecular flexibility index (Phi) is 7.50. The summed E-state index contributed by atoms with van der Waals surface area (Å²) in [5.41, 5.74) is 2.33. The van der Waals surface area contributed by atoms with Crippen molar-refractivity contribution in [2.75, 3.05) is 20.8 Å². The van der Waals surface area contributed by atoms with Gasteiger partial charge in [-0.15, -0.1) is 0 Å². The summed E-state index contributed by atoms with van der Waals surface area (Å²) in [6, 6.07) is 8.36. The van der Waals surface area contributed by atoms with Crippen molar-refractivity contribution in [3.63, 3.8) is 0 Å². The van der Waals surface area contributed by atoms with E-state index in [2.05, 4.69) is 10.3 Å². The Balaban J connectivity index is 1.71. The fraction of sp³-hybridized carbons (Fsp3) is 0.320. The highest BCUT2D eigenvalue weighted by Crippen LogP contribution is 2.47. The molecule has 0 aliphatic carbocycles. The molecule has 2 aliphatic heterocycles. The molecule has 35 heavy (non-hydrogen) atoms. The summed E-state index contributed by atoms with van der Waals surface area (Å²) in [5.74, 6) is 1.19. The molecule has 2 aromatic rings. The van der Waals surface area contributed by atoms with Crippen molar-refractivity contribution in [3.05, 3.63) is 70.3 Å². The van der Waals surface area contributed by atoms with Crippen molar-refractivity contribution in [1.82, 2.24) is 10.2 Å². The normalized spacial score (nSPS) is 16.9. The lowest BCUT2D eigenvalue weighted by Gasteiger charge is -2.36. The number of carbonyl (C=O) groups is 2. The smallest absolute Gasteiger partial charge is 0.338 e. The Bertz CT molecular complexity index is 1200. The average molecular weight is 498 g/mol. The molecule has 0 fully saturated rings. The number of carbonyl (C=O) groups excluding carboxylic acids is 2. The number of hydrogen-bond donors (Lipinski definition) is 1. The number of benzene rings is 1. The molecule has 0 saturated carbocycles. The third-order valence-electron chi connectivity index (χ3n) is 5.61. The Morgan fingerprint density at radius 2 is 2.06 bits per heavy atom. The Hall–Kier alpha value is -3.66. The summed E-state index contributed by atoms with van der Waals surface area (Å²) in [6.07, 6.45) is 1.65. The minimum atomic E-state index is -0.620. The third-order valence-corrected chi connectivity index (χ3v) is 6.50. The summed E-state index contributed by atoms with van der Waals surface area (Å²) in [5, 5.41) is 5.42. The number of allylic oxidation sites excluding steroid dienone is 1. The first-order chi connectivity index (χ1) is 17.0. The molecule has 0 bridgehead atoms. The van der Waals surface area contributed by atoms with E-state index >= 15 is 0 Å². The molecule has 3 heterocycles. The lowest BCUT2D eigenvalue weighted by atomic mass is 9.93. The number of ether oxygens (including phenoxy) is 3. The molecule has 0 unspecified atom stereocenters. The molecule has 4 rings (SSSR count). The van der Waals surface area contributed by atoms with Crippen molar-refractivity contribution < 1.29 is 28.2 Å². The molecular formula is C25H27N3O6S. The van der Waals surface area contributed by atoms with Crippen molar-refractivity contribution in [2.24, 2.45) is 4.99 Å². The van der Waals surface area contributed by atoms with Gasteiger partial charge in [-0.3, -0.25) is 4.79 Å². The fourth-order valence-electron chi connectivity index (χ4n) is 4.01. The Morgan fingerprint density at radius 1 is 1.23 bits per heavy atom. The van der Waals surface area contributed by atoms with Crippen molar-refractivity contribution in [1.29, 1.82) is 0 Å². The van der Waals surface area contributed by atoms with Crippen LogP contribution in [-0.4, -0.2) is 42.8 Å². The maximum absolute atomic E-state index is 13.1. The van der Waals surface area contributed by atoms with E-state index in [1.54, 1.807) is 58.6 Å². The second kappa shape index (κ2) is 10.7. The van der Waals surface area contributed by atoms with Crippen LogP contribution in [0.1, 0.15) is 37.6 Å². The van der Waals surface area contributed by atoms with E-state index in [-0.39, 0.29) is 25.5 Å². The number of nitrogens with one attached hydrogen (secondary N) is 1. The van der Waals surface area contributed by atoms with E-state index in [9.17, 15) is 9.59 Å². The summed E-state index contributed by atoms with van der Waals surface area (Å²) in [4.78, 5) is 32.5. The van der Waals surface area contributed by atoms with E-state index in [0.717, 1.165) is 0 Å². The predicted molar refractivity (Wildman–Crippen MR) is 132 cm³/mol. The van der Waals surface area contributed by atoms with Gasteiger partial charge in [0.05, 0.1) is 57.4 Å². The topological polar surface area (TPSA) is 103 Å². The number of amides is 1. The highest BCUT2D eigenvalue weighted by atomic mass is 32.2. The van der Waals surface area contributed by atoms with Gasteiger partial charge in [-0.25, -0.2) is 9.79 Å². The highest BCUT2D eigenvalue weighted by Gasteiger charge is 2.42. The zero-order valence-electron chi connectivity index (χ0n) is 20.0. The molecule has 9 nitrogen and oxygen atoms in total. The first kappa shape index (κ1) is 24.5. The van der Waals surface area contributed by atoms with Crippen LogP contribution in [0.2, 0.25) is 0 Å². The van der Waals surface area contributed by atoms with Crippen LogP contribution in [0.15, 0.2) is 68.4 Å². The first-order valence-electron chi connectivity index (χ1n) is 11.1. The van der Waals surface area contributed by atoms with Crippen LogP contribution < -0.4 is 14.8 Å². The van der Waals surface area contributed by atoms with Crippen LogP contribution in [0.3, 0.4) is 0 Å². The number of fused-ring (bicyclic) bond motifs is 1. The van der Waals surface area contributed by atoms with E-state index in [0.29, 0.717) is 45.0 Å². The molecule has 1 aromatic carbocycles. The van der Waals surface area contributed by atoms with E-state index in [4.69, 9.17) is 18.6 Å². The molecule has 184 valence electrons. The summed E-state index contributed by atoms with van der Waals surface area (Å²) in [7, 11) is 3.15. The number of amidine groups is 1. The lowest BCUT2D eigenvalue weighted by molar-refractivity contribution is -0.139. The number of rotatable bonds is 9. The van der Waals surface area contributed by atoms with Crippen LogP contribution in [0.25, 0.3) is 0 Å². The second-order valence-corrected chi connectivity index (χ2v) is 8.59. The molecule has 0 spiro atoms. The average Bonchev–Trinajstić information content (AvgIpc) is 3.51. The number of aliphatic imine (C=N–C) groups is 1. The van der Waals surface area contributed by atoms with Gasteiger partial charge in [-0.2, -0.15) is 0 Å². The minimum absolute atomic E-state index is 0.0880. The molecule has 1 aromatic heterocycles.